The fourth-order valence-corrected chi connectivity index (χ4v) is 1.34. The van der Waals surface area contributed by atoms with E-state index in [4.69, 9.17) is 11.1 Å². The van der Waals surface area contributed by atoms with Gasteiger partial charge < -0.3 is 11.1 Å². The van der Waals surface area contributed by atoms with Gasteiger partial charge in [-0.2, -0.15) is 0 Å². The minimum Gasteiger partial charge on any atom is -0.397 e. The second-order valence-corrected chi connectivity index (χ2v) is 4.76. The molecule has 0 aliphatic heterocycles. The molecule has 0 atom stereocenters. The summed E-state index contributed by atoms with van der Waals surface area (Å²) in [5, 5.41) is 8.04. The molecule has 0 spiro atoms. The molecule has 16 heavy (non-hydrogen) atoms. The van der Waals surface area contributed by atoms with Crippen molar-refractivity contribution in [1.82, 2.24) is 9.97 Å². The van der Waals surface area contributed by atoms with E-state index in [9.17, 15) is 0 Å². The molecule has 1 rings (SSSR count). The van der Waals surface area contributed by atoms with Crippen LogP contribution in [-0.4, -0.2) is 15.7 Å². The third-order valence-electron chi connectivity index (χ3n) is 2.39. The van der Waals surface area contributed by atoms with Gasteiger partial charge in [0.05, 0.1) is 11.4 Å². The van der Waals surface area contributed by atoms with Crippen molar-refractivity contribution in [2.45, 2.75) is 27.7 Å². The molecular weight excluding hydrogens is 200 g/mol. The van der Waals surface area contributed by atoms with Crippen molar-refractivity contribution in [2.75, 3.05) is 0 Å². The van der Waals surface area contributed by atoms with Crippen molar-refractivity contribution in [2.24, 2.45) is 11.1 Å². The van der Waals surface area contributed by atoms with Gasteiger partial charge in [0.25, 0.3) is 0 Å². The van der Waals surface area contributed by atoms with Crippen LogP contribution in [0.5, 0.6) is 0 Å². The molecule has 0 amide bonds. The number of allylic oxidation sites excluding steroid dienone is 1. The van der Waals surface area contributed by atoms with Crippen LogP contribution >= 0.6 is 0 Å². The largest absolute Gasteiger partial charge is 0.397 e. The molecule has 3 N–H and O–H groups in total. The normalized spacial score (nSPS) is 13.2. The van der Waals surface area contributed by atoms with Gasteiger partial charge in [0.15, 0.2) is 0 Å². The summed E-state index contributed by atoms with van der Waals surface area (Å²) < 4.78 is 0. The van der Waals surface area contributed by atoms with E-state index in [0.717, 1.165) is 5.57 Å². The average molecular weight is 218 g/mol. The van der Waals surface area contributed by atoms with E-state index in [2.05, 4.69) is 9.97 Å². The van der Waals surface area contributed by atoms with E-state index in [1.54, 1.807) is 12.3 Å². The van der Waals surface area contributed by atoms with Crippen LogP contribution in [0.2, 0.25) is 0 Å². The lowest BCUT2D eigenvalue weighted by Gasteiger charge is -2.21. The first kappa shape index (κ1) is 12.4. The topological polar surface area (TPSA) is 75.7 Å². The molecule has 0 bridgehead atoms. The highest BCUT2D eigenvalue weighted by Crippen LogP contribution is 2.23. The first-order valence-corrected chi connectivity index (χ1v) is 5.16. The molecule has 4 heteroatoms. The third kappa shape index (κ3) is 2.66. The highest BCUT2D eigenvalue weighted by atomic mass is 14.8. The van der Waals surface area contributed by atoms with Gasteiger partial charge in [-0.3, -0.25) is 0 Å². The summed E-state index contributed by atoms with van der Waals surface area (Å²) in [7, 11) is 0. The van der Waals surface area contributed by atoms with Crippen molar-refractivity contribution >= 4 is 11.4 Å². The van der Waals surface area contributed by atoms with Gasteiger partial charge in [-0.05, 0) is 18.6 Å². The Morgan fingerprint density at radius 1 is 1.38 bits per heavy atom. The molecule has 86 valence electrons. The lowest BCUT2D eigenvalue weighted by Crippen LogP contribution is -2.22. The van der Waals surface area contributed by atoms with Gasteiger partial charge in [0, 0.05) is 17.3 Å². The molecule has 0 saturated heterocycles. The summed E-state index contributed by atoms with van der Waals surface area (Å²) in [5.41, 5.74) is 8.29. The Balaban J connectivity index is 3.12. The molecular formula is C12H18N4. The maximum absolute atomic E-state index is 8.04. The maximum atomic E-state index is 8.04. The SMILES string of the molecule is C/C(C(=N)C(C)(C)C)=C(/N)c1ccncn1. The van der Waals surface area contributed by atoms with E-state index in [-0.39, 0.29) is 5.41 Å². The zero-order valence-electron chi connectivity index (χ0n) is 10.2. The lowest BCUT2D eigenvalue weighted by molar-refractivity contribution is 0.587. The number of rotatable bonds is 2. The van der Waals surface area contributed by atoms with Crippen LogP contribution in [0, 0.1) is 10.8 Å². The quantitative estimate of drug-likeness (QED) is 0.747. The monoisotopic (exact) mass is 218 g/mol. The minimum absolute atomic E-state index is 0.207. The lowest BCUT2D eigenvalue weighted by atomic mass is 9.85. The predicted octanol–water partition coefficient (Wildman–Crippen LogP) is 2.23. The van der Waals surface area contributed by atoms with Crippen LogP contribution in [0.1, 0.15) is 33.4 Å². The first-order chi connectivity index (χ1) is 7.34. The Hall–Kier alpha value is -1.71. The molecule has 0 aliphatic rings. The number of hydrogen-bond donors (Lipinski definition) is 2. The number of nitrogens with one attached hydrogen (secondary N) is 1. The van der Waals surface area contributed by atoms with Crippen LogP contribution in [0.3, 0.4) is 0 Å². The molecule has 4 nitrogen and oxygen atoms in total. The van der Waals surface area contributed by atoms with Crippen LogP contribution in [-0.2, 0) is 0 Å². The van der Waals surface area contributed by atoms with Gasteiger partial charge in [0.1, 0.15) is 6.33 Å². The number of hydrogen-bond acceptors (Lipinski definition) is 4. The Morgan fingerprint density at radius 3 is 2.44 bits per heavy atom. The molecule has 0 fully saturated rings. The van der Waals surface area contributed by atoms with Crippen molar-refractivity contribution in [3.05, 3.63) is 29.9 Å². The van der Waals surface area contributed by atoms with E-state index in [0.29, 0.717) is 17.1 Å². The zero-order chi connectivity index (χ0) is 12.3. The average Bonchev–Trinajstić information content (AvgIpc) is 2.26. The number of nitrogens with two attached hydrogens (primary N) is 1. The molecule has 0 aliphatic carbocycles. The summed E-state index contributed by atoms with van der Waals surface area (Å²) in [4.78, 5) is 7.91. The summed E-state index contributed by atoms with van der Waals surface area (Å²) >= 11 is 0. The molecule has 0 saturated carbocycles. The van der Waals surface area contributed by atoms with Crippen LogP contribution in [0.4, 0.5) is 0 Å². The highest BCUT2D eigenvalue weighted by molar-refractivity contribution is 6.06. The fourth-order valence-electron chi connectivity index (χ4n) is 1.34. The predicted molar refractivity (Wildman–Crippen MR) is 66.0 cm³/mol. The summed E-state index contributed by atoms with van der Waals surface area (Å²) in [6.07, 6.45) is 3.10. The molecule has 0 radical (unpaired) electrons. The van der Waals surface area contributed by atoms with E-state index >= 15 is 0 Å². The molecule has 0 unspecified atom stereocenters. The number of nitrogens with zero attached hydrogens (tertiary/aromatic N) is 2. The zero-order valence-corrected chi connectivity index (χ0v) is 10.2. The molecule has 1 aromatic heterocycles. The Morgan fingerprint density at radius 2 is 2.00 bits per heavy atom. The maximum Gasteiger partial charge on any atom is 0.116 e. The van der Waals surface area contributed by atoms with E-state index in [1.165, 1.54) is 6.33 Å². The molecule has 1 aromatic rings. The second-order valence-electron chi connectivity index (χ2n) is 4.76. The number of aromatic nitrogens is 2. The van der Waals surface area contributed by atoms with Crippen LogP contribution in [0.25, 0.3) is 5.70 Å². The second kappa shape index (κ2) is 4.43. The van der Waals surface area contributed by atoms with Gasteiger partial charge >= 0.3 is 0 Å². The van der Waals surface area contributed by atoms with Crippen LogP contribution in [0.15, 0.2) is 24.2 Å². The fraction of sp³-hybridized carbons (Fsp3) is 0.417. The van der Waals surface area contributed by atoms with Gasteiger partial charge in [-0.25, -0.2) is 9.97 Å². The standard InChI is InChI=1S/C12H18N4/c1-8(11(14)12(2,3)4)10(13)9-5-6-15-7-16-9/h5-7,14H,13H2,1-4H3/b10-8-,14-11?. The van der Waals surface area contributed by atoms with Crippen molar-refractivity contribution < 1.29 is 0 Å². The highest BCUT2D eigenvalue weighted by Gasteiger charge is 2.20. The van der Waals surface area contributed by atoms with Gasteiger partial charge in [-0.1, -0.05) is 20.8 Å². The van der Waals surface area contributed by atoms with Gasteiger partial charge in [-0.15, -0.1) is 0 Å². The summed E-state index contributed by atoms with van der Waals surface area (Å²) in [6.45, 7) is 7.83. The van der Waals surface area contributed by atoms with Crippen molar-refractivity contribution in [1.29, 1.82) is 5.41 Å². The minimum atomic E-state index is -0.207. The Kier molecular flexibility index (Phi) is 3.42. The summed E-state index contributed by atoms with van der Waals surface area (Å²) in [5.74, 6) is 0. The summed E-state index contributed by atoms with van der Waals surface area (Å²) in [6, 6.07) is 1.74. The molecule has 0 aromatic carbocycles. The Labute approximate surface area is 96.1 Å². The van der Waals surface area contributed by atoms with E-state index in [1.807, 2.05) is 27.7 Å². The van der Waals surface area contributed by atoms with Gasteiger partial charge in [0.2, 0.25) is 0 Å². The van der Waals surface area contributed by atoms with Crippen LogP contribution < -0.4 is 5.73 Å². The van der Waals surface area contributed by atoms with Crippen molar-refractivity contribution in [3.63, 3.8) is 0 Å². The van der Waals surface area contributed by atoms with Crippen molar-refractivity contribution in [3.8, 4) is 0 Å². The smallest absolute Gasteiger partial charge is 0.116 e. The van der Waals surface area contributed by atoms with E-state index < -0.39 is 0 Å². The third-order valence-corrected chi connectivity index (χ3v) is 2.39. The first-order valence-electron chi connectivity index (χ1n) is 5.16. The molecule has 1 heterocycles. The Bertz CT molecular complexity index is 412.